The summed E-state index contributed by atoms with van der Waals surface area (Å²) < 4.78 is 0. The SMILES string of the molecule is CC(=O)N[C@@H](CC(=O)O)C(=O)N[C@@H](C)C(=O)N1CCC[C@H]1CC[C@@H](C)C(=O)N[C@@H](C)C(=O)N1CCC[C@H]1CC[C@@H](C)C(=O)NCC(=O)N1CCC[C@H]1CC[C@@H](C)C(=O)N[C@H](C(=O)N1CCC[C@H]1C(=O)N(C)[C@H](C(=O)O)C(C)C)C(C)C. The molecule has 4 rings (SSSR count). The van der Waals surface area contributed by atoms with Crippen LogP contribution in [0.3, 0.4) is 0 Å². The first-order valence-electron chi connectivity index (χ1n) is 29.4. The van der Waals surface area contributed by atoms with Crippen LogP contribution in [0.25, 0.3) is 0 Å². The molecule has 0 aliphatic carbocycles. The Morgan fingerprint density at radius 3 is 1.41 bits per heavy atom. The van der Waals surface area contributed by atoms with E-state index in [4.69, 9.17) is 0 Å². The Kier molecular flexibility index (Phi) is 25.8. The molecule has 24 heteroatoms. The van der Waals surface area contributed by atoms with Gasteiger partial charge in [0.05, 0.1) is 13.0 Å². The normalized spacial score (nSPS) is 22.0. The van der Waals surface area contributed by atoms with E-state index in [1.165, 1.54) is 23.8 Å². The zero-order valence-corrected chi connectivity index (χ0v) is 49.8. The maximum absolute atomic E-state index is 14.0. The molecule has 0 radical (unpaired) electrons. The van der Waals surface area contributed by atoms with E-state index in [0.717, 1.165) is 39.0 Å². The van der Waals surface area contributed by atoms with Crippen LogP contribution in [0.1, 0.15) is 166 Å². The summed E-state index contributed by atoms with van der Waals surface area (Å²) in [5.74, 6) is -8.38. The van der Waals surface area contributed by atoms with Crippen LogP contribution in [0.15, 0.2) is 0 Å². The largest absolute Gasteiger partial charge is 0.481 e. The molecule has 0 spiro atoms. The van der Waals surface area contributed by atoms with Gasteiger partial charge in [-0.25, -0.2) is 4.79 Å². The summed E-state index contributed by atoms with van der Waals surface area (Å²) in [7, 11) is 1.45. The number of rotatable bonds is 29. The summed E-state index contributed by atoms with van der Waals surface area (Å²) in [5.41, 5.74) is 0. The molecule has 7 N–H and O–H groups in total. The molecule has 4 saturated heterocycles. The minimum Gasteiger partial charge on any atom is -0.481 e. The summed E-state index contributed by atoms with van der Waals surface area (Å²) in [4.78, 5) is 164. The molecular formula is C57H94N10O14. The number of amides is 10. The standard InChI is InChI=1S/C57H94N10O14/c1-32(2)47(56(79)67-29-15-19-44(67)55(78)63(11)48(33(3)4)57(80)81)62-51(74)36(7)21-23-40-16-12-26-64(40)45(69)31-58-49(72)34(5)20-24-41-17-13-27-65(41)53(76)37(8)59-50(73)35(6)22-25-42-18-14-28-66(42)54(77)38(9)60-52(75)43(30-46(70)71)61-39(10)68/h32-38,40-44,47-48H,12-31H2,1-11H3,(H,58,72)(H,59,73)(H,60,75)(H,61,68)(H,62,74)(H,70,71)(H,80,81)/t34-,35-,36-,37+,38+,40+,41+,42+,43+,44+,47+,48+/m1/s1. The Bertz CT molecular complexity index is 2260. The molecule has 4 fully saturated rings. The quantitative estimate of drug-likeness (QED) is 0.0564. The second kappa shape index (κ2) is 31.2. The van der Waals surface area contributed by atoms with E-state index in [9.17, 15) is 67.7 Å². The van der Waals surface area contributed by atoms with E-state index in [1.807, 2.05) is 13.8 Å². The van der Waals surface area contributed by atoms with Crippen molar-refractivity contribution < 1.29 is 67.7 Å². The molecule has 456 valence electrons. The molecule has 4 heterocycles. The lowest BCUT2D eigenvalue weighted by Gasteiger charge is -2.35. The lowest BCUT2D eigenvalue weighted by molar-refractivity contribution is -0.154. The van der Waals surface area contributed by atoms with E-state index < -0.39 is 90.1 Å². The van der Waals surface area contributed by atoms with Crippen molar-refractivity contribution >= 4 is 71.0 Å². The maximum atomic E-state index is 14.0. The molecule has 24 nitrogen and oxygen atoms in total. The van der Waals surface area contributed by atoms with Gasteiger partial charge in [-0.3, -0.25) is 52.7 Å². The van der Waals surface area contributed by atoms with Crippen LogP contribution in [0.5, 0.6) is 0 Å². The number of aliphatic carboxylic acids is 2. The first-order valence-corrected chi connectivity index (χ1v) is 29.4. The molecule has 12 atom stereocenters. The number of nitrogens with one attached hydrogen (secondary N) is 5. The van der Waals surface area contributed by atoms with Crippen LogP contribution < -0.4 is 26.6 Å². The first kappa shape index (κ1) is 67.1. The Balaban J connectivity index is 1.19. The molecule has 0 bridgehead atoms. The second-order valence-electron chi connectivity index (χ2n) is 23.9. The lowest BCUT2D eigenvalue weighted by atomic mass is 9.97. The van der Waals surface area contributed by atoms with E-state index in [0.29, 0.717) is 84.0 Å². The van der Waals surface area contributed by atoms with Crippen LogP contribution >= 0.6 is 0 Å². The number of likely N-dealkylation sites (tertiary alicyclic amines) is 4. The second-order valence-corrected chi connectivity index (χ2v) is 23.9. The van der Waals surface area contributed by atoms with Crippen molar-refractivity contribution in [2.75, 3.05) is 39.8 Å². The minimum atomic E-state index is -1.34. The van der Waals surface area contributed by atoms with Gasteiger partial charge >= 0.3 is 11.9 Å². The highest BCUT2D eigenvalue weighted by Crippen LogP contribution is 2.29. The maximum Gasteiger partial charge on any atom is 0.326 e. The molecule has 0 unspecified atom stereocenters. The van der Waals surface area contributed by atoms with Gasteiger partial charge in [0.1, 0.15) is 36.3 Å². The average Bonchev–Trinajstić information content (AvgIpc) is 4.34. The van der Waals surface area contributed by atoms with Gasteiger partial charge < -0.3 is 61.3 Å². The zero-order chi connectivity index (χ0) is 60.6. The van der Waals surface area contributed by atoms with Crippen LogP contribution in [-0.4, -0.2) is 200 Å². The number of nitrogens with zero attached hydrogens (tertiary/aromatic N) is 5. The predicted molar refractivity (Wildman–Crippen MR) is 298 cm³/mol. The van der Waals surface area contributed by atoms with Gasteiger partial charge in [0.15, 0.2) is 0 Å². The van der Waals surface area contributed by atoms with Gasteiger partial charge in [0, 0.05) is 76.0 Å². The molecule has 0 aromatic rings. The van der Waals surface area contributed by atoms with E-state index >= 15 is 0 Å². The smallest absolute Gasteiger partial charge is 0.326 e. The van der Waals surface area contributed by atoms with Gasteiger partial charge in [0.2, 0.25) is 59.1 Å². The first-order chi connectivity index (χ1) is 38.0. The molecule has 81 heavy (non-hydrogen) atoms. The summed E-state index contributed by atoms with van der Waals surface area (Å²) in [6.45, 7) is 18.3. The molecule has 0 aromatic heterocycles. The van der Waals surface area contributed by atoms with Gasteiger partial charge in [-0.05, 0) is 116 Å². The fourth-order valence-corrected chi connectivity index (χ4v) is 11.9. The number of carboxylic acid groups (broad SMARTS) is 2. The molecule has 0 saturated carbocycles. The molecule has 4 aliphatic heterocycles. The minimum absolute atomic E-state index is 0.130. The molecule has 4 aliphatic rings. The van der Waals surface area contributed by atoms with Crippen molar-refractivity contribution in [2.24, 2.45) is 29.6 Å². The molecule has 0 aromatic carbocycles. The van der Waals surface area contributed by atoms with Gasteiger partial charge in [0.25, 0.3) is 0 Å². The van der Waals surface area contributed by atoms with Gasteiger partial charge in [-0.1, -0.05) is 48.5 Å². The number of carbonyl (C=O) groups is 12. The summed E-state index contributed by atoms with van der Waals surface area (Å²) in [6.07, 6.45) is 7.71. The van der Waals surface area contributed by atoms with Crippen LogP contribution in [0.2, 0.25) is 0 Å². The number of likely N-dealkylation sites (N-methyl/N-ethyl adjacent to an activating group) is 1. The van der Waals surface area contributed by atoms with Gasteiger partial charge in [-0.2, -0.15) is 0 Å². The fourth-order valence-electron chi connectivity index (χ4n) is 11.9. The Morgan fingerprint density at radius 2 is 0.951 bits per heavy atom. The van der Waals surface area contributed by atoms with Gasteiger partial charge in [-0.15, -0.1) is 0 Å². The highest BCUT2D eigenvalue weighted by atomic mass is 16.4. The monoisotopic (exact) mass is 1140 g/mol. The number of carbonyl (C=O) groups excluding carboxylic acids is 10. The van der Waals surface area contributed by atoms with Crippen molar-refractivity contribution in [1.82, 2.24) is 51.1 Å². The topological polar surface area (TPSA) is 322 Å². The third-order valence-electron chi connectivity index (χ3n) is 16.8. The lowest BCUT2D eigenvalue weighted by Crippen LogP contribution is -2.57. The van der Waals surface area contributed by atoms with E-state index in [1.54, 1.807) is 56.2 Å². The summed E-state index contributed by atoms with van der Waals surface area (Å²) in [5, 5.41) is 32.4. The zero-order valence-electron chi connectivity index (χ0n) is 49.8. The van der Waals surface area contributed by atoms with Crippen LogP contribution in [0.4, 0.5) is 0 Å². The molecule has 10 amide bonds. The highest BCUT2D eigenvalue weighted by molar-refractivity contribution is 5.95. The van der Waals surface area contributed by atoms with Crippen molar-refractivity contribution in [1.29, 1.82) is 0 Å². The van der Waals surface area contributed by atoms with Crippen molar-refractivity contribution in [3.05, 3.63) is 0 Å². The average molecular weight is 1140 g/mol. The van der Waals surface area contributed by atoms with Crippen molar-refractivity contribution in [2.45, 2.75) is 220 Å². The van der Waals surface area contributed by atoms with E-state index in [-0.39, 0.29) is 77.9 Å². The Labute approximate surface area is 477 Å². The Morgan fingerprint density at radius 1 is 0.519 bits per heavy atom. The number of carboxylic acids is 2. The Hall–Kier alpha value is -6.36. The van der Waals surface area contributed by atoms with Crippen LogP contribution in [0, 0.1) is 29.6 Å². The summed E-state index contributed by atoms with van der Waals surface area (Å²) in [6, 6.07) is -6.37. The fraction of sp³-hybridized carbons (Fsp3) is 0.789. The van der Waals surface area contributed by atoms with Crippen molar-refractivity contribution in [3.63, 3.8) is 0 Å². The predicted octanol–water partition coefficient (Wildman–Crippen LogP) is 2.01. The van der Waals surface area contributed by atoms with Crippen LogP contribution in [-0.2, 0) is 57.5 Å². The number of hydrogen-bond donors (Lipinski definition) is 7. The third-order valence-corrected chi connectivity index (χ3v) is 16.8. The van der Waals surface area contributed by atoms with E-state index in [2.05, 4.69) is 26.6 Å². The molecular weight excluding hydrogens is 1050 g/mol. The highest BCUT2D eigenvalue weighted by Gasteiger charge is 2.43. The van der Waals surface area contributed by atoms with Crippen molar-refractivity contribution in [3.8, 4) is 0 Å². The number of hydrogen-bond acceptors (Lipinski definition) is 12. The third kappa shape index (κ3) is 18.8. The summed E-state index contributed by atoms with van der Waals surface area (Å²) >= 11 is 0.